The Kier molecular flexibility index (Phi) is 4.95. The summed E-state index contributed by atoms with van der Waals surface area (Å²) in [5.74, 6) is -1.79. The number of carbonyl (C=O) groups excluding carboxylic acids is 4. The molecule has 1 aliphatic rings. The number of nitrogens with one attached hydrogen (secondary N) is 1. The molecule has 0 unspecified atom stereocenters. The zero-order valence-electron chi connectivity index (χ0n) is 12.9. The van der Waals surface area contributed by atoms with Crippen LogP contribution in [0.15, 0.2) is 24.3 Å². The van der Waals surface area contributed by atoms with Crippen LogP contribution in [0.1, 0.15) is 5.56 Å². The molecule has 1 aromatic carbocycles. The molecule has 8 nitrogen and oxygen atoms in total. The van der Waals surface area contributed by atoms with Crippen molar-refractivity contribution >= 4 is 29.5 Å². The second-order valence-electron chi connectivity index (χ2n) is 5.14. The van der Waals surface area contributed by atoms with Crippen LogP contribution in [0.3, 0.4) is 0 Å². The van der Waals surface area contributed by atoms with Crippen molar-refractivity contribution in [2.45, 2.75) is 6.92 Å². The van der Waals surface area contributed by atoms with E-state index in [1.807, 2.05) is 19.1 Å². The van der Waals surface area contributed by atoms with Gasteiger partial charge in [0, 0.05) is 12.7 Å². The first-order valence-electron chi connectivity index (χ1n) is 6.95. The topological polar surface area (TPSA) is 96.0 Å². The molecule has 23 heavy (non-hydrogen) atoms. The van der Waals surface area contributed by atoms with Gasteiger partial charge in [0.25, 0.3) is 11.8 Å². The number of nitrogens with zero attached hydrogens (tertiary/aromatic N) is 2. The first kappa shape index (κ1) is 16.5. The number of anilines is 1. The molecule has 1 aromatic rings. The highest BCUT2D eigenvalue weighted by molar-refractivity contribution is 6.04. The zero-order valence-corrected chi connectivity index (χ0v) is 12.9. The van der Waals surface area contributed by atoms with Crippen LogP contribution in [0.2, 0.25) is 0 Å². The van der Waals surface area contributed by atoms with Crippen LogP contribution in [0, 0.1) is 6.92 Å². The number of esters is 1. The van der Waals surface area contributed by atoms with Gasteiger partial charge in [-0.3, -0.25) is 19.3 Å². The molecule has 1 fully saturated rings. The average molecular weight is 319 g/mol. The molecule has 0 aliphatic carbocycles. The molecule has 1 aliphatic heterocycles. The van der Waals surface area contributed by atoms with Crippen molar-refractivity contribution < 1.29 is 23.9 Å². The van der Waals surface area contributed by atoms with E-state index in [1.54, 1.807) is 12.1 Å². The molecule has 8 heteroatoms. The standard InChI is InChI=1S/C15H17N3O5/c1-10-5-3-4-6-11(10)16-12(19)9-23-14(21)8-18-13(20)7-17(2)15(18)22/h3-6H,7-9H2,1-2H3,(H,16,19). The summed E-state index contributed by atoms with van der Waals surface area (Å²) in [5, 5.41) is 2.61. The fraction of sp³-hybridized carbons (Fsp3) is 0.333. The molecule has 0 saturated carbocycles. The smallest absolute Gasteiger partial charge is 0.327 e. The summed E-state index contributed by atoms with van der Waals surface area (Å²) >= 11 is 0. The molecule has 0 radical (unpaired) electrons. The number of amides is 4. The predicted molar refractivity (Wildman–Crippen MR) is 80.5 cm³/mol. The number of likely N-dealkylation sites (N-methyl/N-ethyl adjacent to an activating group) is 1. The van der Waals surface area contributed by atoms with Crippen molar-refractivity contribution in [2.24, 2.45) is 0 Å². The number of rotatable bonds is 5. The van der Waals surface area contributed by atoms with Gasteiger partial charge in [-0.25, -0.2) is 4.79 Å². The summed E-state index contributed by atoms with van der Waals surface area (Å²) in [5.41, 5.74) is 1.50. The molecule has 4 amide bonds. The Morgan fingerprint density at radius 2 is 1.96 bits per heavy atom. The van der Waals surface area contributed by atoms with Gasteiger partial charge in [0.1, 0.15) is 13.1 Å². The molecule has 0 spiro atoms. The van der Waals surface area contributed by atoms with Gasteiger partial charge < -0.3 is 15.0 Å². The van der Waals surface area contributed by atoms with E-state index in [4.69, 9.17) is 4.74 Å². The Balaban J connectivity index is 1.80. The molecule has 0 bridgehead atoms. The van der Waals surface area contributed by atoms with E-state index in [-0.39, 0.29) is 6.54 Å². The maximum absolute atomic E-state index is 11.7. The summed E-state index contributed by atoms with van der Waals surface area (Å²) in [4.78, 5) is 48.5. The van der Waals surface area contributed by atoms with Gasteiger partial charge in [0.15, 0.2) is 6.61 Å². The van der Waals surface area contributed by atoms with Crippen LogP contribution < -0.4 is 5.32 Å². The number of urea groups is 1. The first-order chi connectivity index (χ1) is 10.9. The van der Waals surface area contributed by atoms with Gasteiger partial charge >= 0.3 is 12.0 Å². The van der Waals surface area contributed by atoms with Crippen molar-refractivity contribution in [3.63, 3.8) is 0 Å². The van der Waals surface area contributed by atoms with Crippen molar-refractivity contribution in [3.05, 3.63) is 29.8 Å². The van der Waals surface area contributed by atoms with E-state index in [0.29, 0.717) is 5.69 Å². The fourth-order valence-electron chi connectivity index (χ4n) is 2.04. The van der Waals surface area contributed by atoms with Crippen molar-refractivity contribution in [1.82, 2.24) is 9.80 Å². The molecule has 0 aromatic heterocycles. The van der Waals surface area contributed by atoms with Gasteiger partial charge in [-0.2, -0.15) is 0 Å². The third kappa shape index (κ3) is 4.06. The highest BCUT2D eigenvalue weighted by Crippen LogP contribution is 2.12. The minimum Gasteiger partial charge on any atom is -0.454 e. The fourth-order valence-corrected chi connectivity index (χ4v) is 2.04. The lowest BCUT2D eigenvalue weighted by Gasteiger charge is -2.13. The molecule has 1 heterocycles. The van der Waals surface area contributed by atoms with Crippen LogP contribution >= 0.6 is 0 Å². The largest absolute Gasteiger partial charge is 0.454 e. The molecule has 1 N–H and O–H groups in total. The monoisotopic (exact) mass is 319 g/mol. The van der Waals surface area contributed by atoms with E-state index in [0.717, 1.165) is 10.5 Å². The van der Waals surface area contributed by atoms with Crippen molar-refractivity contribution in [2.75, 3.05) is 32.1 Å². The summed E-state index contributed by atoms with van der Waals surface area (Å²) in [7, 11) is 1.46. The van der Waals surface area contributed by atoms with E-state index >= 15 is 0 Å². The number of ether oxygens (including phenoxy) is 1. The van der Waals surface area contributed by atoms with E-state index in [1.165, 1.54) is 11.9 Å². The second-order valence-corrected chi connectivity index (χ2v) is 5.14. The van der Waals surface area contributed by atoms with Gasteiger partial charge in [-0.05, 0) is 18.6 Å². The van der Waals surface area contributed by atoms with Gasteiger partial charge in [0.05, 0.1) is 0 Å². The number of carbonyl (C=O) groups is 4. The lowest BCUT2D eigenvalue weighted by molar-refractivity contribution is -0.149. The molecular formula is C15H17N3O5. The number of benzene rings is 1. The van der Waals surface area contributed by atoms with Gasteiger partial charge in [-0.1, -0.05) is 18.2 Å². The average Bonchev–Trinajstić information content (AvgIpc) is 2.74. The summed E-state index contributed by atoms with van der Waals surface area (Å²) < 4.78 is 4.79. The number of aryl methyl sites for hydroxylation is 1. The predicted octanol–water partition coefficient (Wildman–Crippen LogP) is 0.371. The number of hydrogen-bond donors (Lipinski definition) is 1. The van der Waals surface area contributed by atoms with Crippen LogP contribution in [0.5, 0.6) is 0 Å². The van der Waals surface area contributed by atoms with E-state index in [2.05, 4.69) is 5.32 Å². The Labute approximate surface area is 133 Å². The molecule has 2 rings (SSSR count). The lowest BCUT2D eigenvalue weighted by atomic mass is 10.2. The van der Waals surface area contributed by atoms with Crippen LogP contribution in [-0.4, -0.2) is 60.4 Å². The van der Waals surface area contributed by atoms with E-state index in [9.17, 15) is 19.2 Å². The third-order valence-electron chi connectivity index (χ3n) is 3.30. The summed E-state index contributed by atoms with van der Waals surface area (Å²) in [6, 6.07) is 6.62. The third-order valence-corrected chi connectivity index (χ3v) is 3.30. The van der Waals surface area contributed by atoms with Crippen LogP contribution in [0.4, 0.5) is 10.5 Å². The minimum absolute atomic E-state index is 0.0696. The van der Waals surface area contributed by atoms with Crippen molar-refractivity contribution in [1.29, 1.82) is 0 Å². The van der Waals surface area contributed by atoms with Gasteiger partial charge in [-0.15, -0.1) is 0 Å². The SMILES string of the molecule is Cc1ccccc1NC(=O)COC(=O)CN1C(=O)CN(C)C1=O. The number of para-hydroxylation sites is 1. The van der Waals surface area contributed by atoms with Crippen molar-refractivity contribution in [3.8, 4) is 0 Å². The molecule has 0 atom stereocenters. The summed E-state index contributed by atoms with van der Waals surface area (Å²) in [6.07, 6.45) is 0. The number of imide groups is 1. The maximum Gasteiger partial charge on any atom is 0.327 e. The summed E-state index contributed by atoms with van der Waals surface area (Å²) in [6.45, 7) is 0.779. The quantitative estimate of drug-likeness (QED) is 0.625. The number of hydrogen-bond acceptors (Lipinski definition) is 5. The minimum atomic E-state index is -0.818. The van der Waals surface area contributed by atoms with Crippen LogP contribution in [-0.2, 0) is 19.1 Å². The first-order valence-corrected chi connectivity index (χ1v) is 6.95. The Morgan fingerprint density at radius 3 is 2.57 bits per heavy atom. The lowest BCUT2D eigenvalue weighted by Crippen LogP contribution is -2.37. The Bertz CT molecular complexity index is 658. The Hall–Kier alpha value is -2.90. The molecule has 1 saturated heterocycles. The van der Waals surface area contributed by atoms with E-state index < -0.39 is 37.0 Å². The highest BCUT2D eigenvalue weighted by atomic mass is 16.5. The highest BCUT2D eigenvalue weighted by Gasteiger charge is 2.35. The normalized spacial score (nSPS) is 14.2. The second kappa shape index (κ2) is 6.91. The zero-order chi connectivity index (χ0) is 17.0. The van der Waals surface area contributed by atoms with Gasteiger partial charge in [0.2, 0.25) is 0 Å². The maximum atomic E-state index is 11.7. The molecular weight excluding hydrogens is 302 g/mol. The Morgan fingerprint density at radius 1 is 1.26 bits per heavy atom. The van der Waals surface area contributed by atoms with Crippen LogP contribution in [0.25, 0.3) is 0 Å². The molecule has 122 valence electrons.